The van der Waals surface area contributed by atoms with E-state index in [1.165, 1.54) is 0 Å². The third-order valence-corrected chi connectivity index (χ3v) is 13.5. The Hall–Kier alpha value is -5.95. The molecule has 0 saturated heterocycles. The summed E-state index contributed by atoms with van der Waals surface area (Å²) in [4.78, 5) is 0. The lowest BCUT2D eigenvalue weighted by Crippen LogP contribution is -2.07. The number of ether oxygens (including phenoxy) is 4. The Kier molecular flexibility index (Phi) is 16.7. The Morgan fingerprint density at radius 3 is 1.52 bits per heavy atom. The third-order valence-electron chi connectivity index (χ3n) is 11.5. The molecule has 1 atom stereocenters. The van der Waals surface area contributed by atoms with Crippen LogP contribution in [-0.4, -0.2) is 28.4 Å². The second-order valence-corrected chi connectivity index (χ2v) is 18.2. The van der Waals surface area contributed by atoms with E-state index < -0.39 is 16.8 Å². The van der Waals surface area contributed by atoms with Gasteiger partial charge in [-0.2, -0.15) is 0 Å². The van der Waals surface area contributed by atoms with Gasteiger partial charge in [-0.1, -0.05) is 76.4 Å². The van der Waals surface area contributed by atoms with Crippen molar-refractivity contribution < 1.29 is 45.4 Å². The fraction of sp³-hybridized carbons (Fsp3) is 0.333. The van der Waals surface area contributed by atoms with Crippen molar-refractivity contribution in [3.8, 4) is 57.1 Å². The second kappa shape index (κ2) is 23.0. The Morgan fingerprint density at radius 2 is 0.970 bits per heavy atom. The molecule has 1 heterocycles. The molecule has 0 aliphatic heterocycles. The molecule has 0 spiro atoms. The molecule has 10 nitrogen and oxygen atoms in total. The number of rotatable bonds is 22. The lowest BCUT2D eigenvalue weighted by Gasteiger charge is -2.24. The van der Waals surface area contributed by atoms with E-state index in [1.807, 2.05) is 117 Å². The Morgan fingerprint density at radius 1 is 0.485 bits per heavy atom. The second-order valence-electron chi connectivity index (χ2n) is 16.2. The van der Waals surface area contributed by atoms with Crippen LogP contribution in [0.25, 0.3) is 33.1 Å². The van der Waals surface area contributed by atoms with Crippen molar-refractivity contribution >= 4 is 38.8 Å². The fourth-order valence-electron chi connectivity index (χ4n) is 7.74. The van der Waals surface area contributed by atoms with Crippen molar-refractivity contribution in [2.45, 2.75) is 92.4 Å². The van der Waals surface area contributed by atoms with Gasteiger partial charge in [-0.25, -0.2) is 0 Å². The van der Waals surface area contributed by atoms with Gasteiger partial charge in [-0.3, -0.25) is 0 Å². The van der Waals surface area contributed by atoms with Crippen molar-refractivity contribution in [3.63, 3.8) is 0 Å². The first-order chi connectivity index (χ1) is 32.2. The third kappa shape index (κ3) is 11.3. The van der Waals surface area contributed by atoms with Crippen LogP contribution in [0.4, 0.5) is 0 Å². The molecule has 348 valence electrons. The first-order valence-corrected chi connectivity index (χ1v) is 25.0. The summed E-state index contributed by atoms with van der Waals surface area (Å²) in [5.41, 5.74) is 7.48. The quantitative estimate of drug-likeness (QED) is 0.0611. The minimum absolute atomic E-state index is 0.584. The highest BCUT2D eigenvalue weighted by molar-refractivity contribution is 7.43. The summed E-state index contributed by atoms with van der Waals surface area (Å²) in [6.07, 6.45) is 7.88. The first kappa shape index (κ1) is 48.0. The van der Waals surface area contributed by atoms with Crippen LogP contribution in [0.5, 0.6) is 46.0 Å². The van der Waals surface area contributed by atoms with Gasteiger partial charge in [-0.15, -0.1) is 0 Å². The summed E-state index contributed by atoms with van der Waals surface area (Å²) < 4.78 is 65.4. The van der Waals surface area contributed by atoms with Gasteiger partial charge in [0.25, 0.3) is 0 Å². The van der Waals surface area contributed by atoms with E-state index in [1.54, 1.807) is 28.4 Å². The number of methoxy groups -OCH3 is 4. The van der Waals surface area contributed by atoms with Gasteiger partial charge in [0.1, 0.15) is 57.2 Å². The predicted molar refractivity (Wildman–Crippen MR) is 267 cm³/mol. The molecule has 0 N–H and O–H groups in total. The molecular formula is C54H62O10P2. The Balaban J connectivity index is 1.50. The van der Waals surface area contributed by atoms with Gasteiger partial charge in [0, 0.05) is 21.9 Å². The summed E-state index contributed by atoms with van der Waals surface area (Å²) in [6, 6.07) is 33.6. The van der Waals surface area contributed by atoms with Gasteiger partial charge in [0.05, 0.1) is 28.4 Å². The van der Waals surface area contributed by atoms with E-state index in [9.17, 15) is 0 Å². The lowest BCUT2D eigenvalue weighted by molar-refractivity contribution is 0.382. The van der Waals surface area contributed by atoms with E-state index in [0.29, 0.717) is 75.4 Å². The average Bonchev–Trinajstić information content (AvgIpc) is 3.49. The zero-order valence-corrected chi connectivity index (χ0v) is 41.4. The minimum Gasteiger partial charge on any atom is -0.497 e. The molecule has 66 heavy (non-hydrogen) atoms. The molecule has 6 aromatic carbocycles. The molecule has 7 rings (SSSR count). The van der Waals surface area contributed by atoms with Crippen LogP contribution in [0.1, 0.15) is 87.1 Å². The highest BCUT2D eigenvalue weighted by Gasteiger charge is 2.29. The van der Waals surface area contributed by atoms with E-state index in [0.717, 1.165) is 89.3 Å². The molecule has 1 aromatic heterocycles. The van der Waals surface area contributed by atoms with Crippen LogP contribution in [0.15, 0.2) is 112 Å². The van der Waals surface area contributed by atoms with E-state index >= 15 is 0 Å². The predicted octanol–water partition coefficient (Wildman–Crippen LogP) is 16.2. The van der Waals surface area contributed by atoms with Crippen LogP contribution in [0.3, 0.4) is 0 Å². The monoisotopic (exact) mass is 932 g/mol. The van der Waals surface area contributed by atoms with Crippen LogP contribution in [-0.2, 0) is 19.3 Å². The van der Waals surface area contributed by atoms with E-state index in [2.05, 4.69) is 20.8 Å². The molecule has 7 aromatic rings. The van der Waals surface area contributed by atoms with Gasteiger partial charge < -0.3 is 45.4 Å². The van der Waals surface area contributed by atoms with Gasteiger partial charge in [0.2, 0.25) is 0 Å². The zero-order chi connectivity index (χ0) is 46.6. The molecule has 0 radical (unpaired) electrons. The van der Waals surface area contributed by atoms with Crippen LogP contribution >= 0.6 is 16.8 Å². The number of hydrogen-bond donors (Lipinski definition) is 0. The minimum atomic E-state index is -2.13. The smallest absolute Gasteiger partial charge is 0.497 e. The highest BCUT2D eigenvalue weighted by Crippen LogP contribution is 2.53. The number of para-hydroxylation sites is 2. The number of unbranched alkanes of at least 4 members (excludes halogenated alkanes) is 3. The number of hydrogen-bond acceptors (Lipinski definition) is 10. The molecule has 0 fully saturated rings. The number of benzene rings is 6. The van der Waals surface area contributed by atoms with Crippen LogP contribution < -0.4 is 37.0 Å². The number of fused-ring (bicyclic) bond motifs is 3. The zero-order valence-electron chi connectivity index (χ0n) is 39.7. The largest absolute Gasteiger partial charge is 0.530 e. The Bertz CT molecular complexity index is 2740. The first-order valence-electron chi connectivity index (χ1n) is 22.8. The SMILES string of the molecule is CCCCc1cc(OC)cc(-c2cc(OC)cc(CCCC)c2Op2oc3ccc(OC)cc3c3cc(OC)cc(CCCC)c3o2)c1OP(Oc1ccccc1C)Oc1ccccc1C. The normalized spacial score (nSPS) is 11.5. The molecular weight excluding hydrogens is 871 g/mol. The topological polar surface area (TPSA) is 100 Å². The summed E-state index contributed by atoms with van der Waals surface area (Å²) in [6.45, 7) is 10.6. The van der Waals surface area contributed by atoms with Crippen molar-refractivity contribution in [1.82, 2.24) is 0 Å². The standard InChI is InChI=1S/C54H62O10P2/c1-10-13-22-38-29-42(56-7)33-46-45-32-41(55-6)27-28-51(45)61-66(63-52(38)46)64-54-40(24-15-12-3)31-44(58-9)35-48(54)47-34-43(57-8)30-39(23-14-11-2)53(47)62-65(59-49-25-18-16-20-36(49)4)60-50-26-19-17-21-37(50)5/h16-21,25-35H,10-15,22-24H2,1-9H3. The molecule has 12 heteroatoms. The van der Waals surface area contributed by atoms with Crippen molar-refractivity contribution in [2.75, 3.05) is 28.4 Å². The lowest BCUT2D eigenvalue weighted by atomic mass is 9.94. The summed E-state index contributed by atoms with van der Waals surface area (Å²) >= 11 is 0. The molecule has 0 aliphatic carbocycles. The maximum Gasteiger partial charge on any atom is 0.530 e. The molecule has 0 amide bonds. The molecule has 0 bridgehead atoms. The molecule has 0 saturated carbocycles. The molecule has 0 aliphatic rings. The number of aryl methyl sites for hydroxylation is 5. The van der Waals surface area contributed by atoms with Crippen LogP contribution in [0, 0.1) is 13.8 Å². The van der Waals surface area contributed by atoms with Crippen molar-refractivity contribution in [1.29, 1.82) is 0 Å². The Labute approximate surface area is 391 Å². The van der Waals surface area contributed by atoms with Gasteiger partial charge >= 0.3 is 16.8 Å². The van der Waals surface area contributed by atoms with Crippen LogP contribution in [0.2, 0.25) is 0 Å². The highest BCUT2D eigenvalue weighted by atomic mass is 31.2. The van der Waals surface area contributed by atoms with Crippen molar-refractivity contribution in [3.05, 3.63) is 131 Å². The van der Waals surface area contributed by atoms with E-state index in [4.69, 9.17) is 45.4 Å². The molecule has 1 unspecified atom stereocenters. The summed E-state index contributed by atoms with van der Waals surface area (Å²) in [5.74, 6) is 5.24. The maximum atomic E-state index is 7.26. The fourth-order valence-corrected chi connectivity index (χ4v) is 10.1. The average molecular weight is 933 g/mol. The van der Waals surface area contributed by atoms with Crippen molar-refractivity contribution in [2.24, 2.45) is 0 Å². The van der Waals surface area contributed by atoms with E-state index in [-0.39, 0.29) is 0 Å². The summed E-state index contributed by atoms with van der Waals surface area (Å²) in [5, 5.41) is 1.65. The van der Waals surface area contributed by atoms with Gasteiger partial charge in [0.15, 0.2) is 0 Å². The maximum absolute atomic E-state index is 7.26. The van der Waals surface area contributed by atoms with Gasteiger partial charge in [-0.05, 0) is 147 Å². The summed E-state index contributed by atoms with van der Waals surface area (Å²) in [7, 11) is 2.49.